The van der Waals surface area contributed by atoms with E-state index in [1.165, 1.54) is 6.42 Å². The lowest BCUT2D eigenvalue weighted by molar-refractivity contribution is 0.0825. The molecule has 1 aliphatic heterocycles. The van der Waals surface area contributed by atoms with Crippen molar-refractivity contribution in [1.82, 2.24) is 10.2 Å². The number of likely N-dealkylation sites (N-methyl/N-ethyl adjacent to an activating group) is 1. The van der Waals surface area contributed by atoms with Crippen LogP contribution in [0.4, 0.5) is 0 Å². The molecule has 0 bridgehead atoms. The highest BCUT2D eigenvalue weighted by Crippen LogP contribution is 2.19. The predicted octanol–water partition coefficient (Wildman–Crippen LogP) is 2.01. The van der Waals surface area contributed by atoms with Gasteiger partial charge in [-0.3, -0.25) is 0 Å². The van der Waals surface area contributed by atoms with Crippen LogP contribution < -0.4 is 5.32 Å². The van der Waals surface area contributed by atoms with Crippen molar-refractivity contribution in [1.29, 1.82) is 0 Å². The van der Waals surface area contributed by atoms with Crippen LogP contribution in [0.1, 0.15) is 53.4 Å². The van der Waals surface area contributed by atoms with Crippen molar-refractivity contribution >= 4 is 0 Å². The van der Waals surface area contributed by atoms with Crippen molar-refractivity contribution in [2.24, 2.45) is 0 Å². The van der Waals surface area contributed by atoms with E-state index >= 15 is 0 Å². The number of aliphatic hydroxyl groups is 1. The topological polar surface area (TPSA) is 44.7 Å². The van der Waals surface area contributed by atoms with Crippen molar-refractivity contribution in [3.8, 4) is 0 Å². The normalized spacial score (nSPS) is 26.4. The second kappa shape index (κ2) is 8.32. The number of hydrogen-bond acceptors (Lipinski definition) is 4. The van der Waals surface area contributed by atoms with E-state index in [1.54, 1.807) is 0 Å². The van der Waals surface area contributed by atoms with Crippen molar-refractivity contribution in [2.75, 3.05) is 26.8 Å². The molecule has 0 aromatic heterocycles. The fourth-order valence-electron chi connectivity index (χ4n) is 3.24. The Labute approximate surface area is 124 Å². The molecule has 1 rings (SSSR count). The Hall–Kier alpha value is -0.160. The van der Waals surface area contributed by atoms with E-state index in [0.717, 1.165) is 32.4 Å². The van der Waals surface area contributed by atoms with Gasteiger partial charge in [-0.25, -0.2) is 0 Å². The van der Waals surface area contributed by atoms with Gasteiger partial charge < -0.3 is 20.1 Å². The maximum absolute atomic E-state index is 9.56. The molecule has 0 amide bonds. The predicted molar refractivity (Wildman–Crippen MR) is 84.1 cm³/mol. The number of rotatable bonds is 9. The zero-order valence-corrected chi connectivity index (χ0v) is 14.0. The Bertz CT molecular complexity index is 273. The van der Waals surface area contributed by atoms with E-state index in [0.29, 0.717) is 18.2 Å². The molecule has 3 unspecified atom stereocenters. The van der Waals surface area contributed by atoms with Crippen molar-refractivity contribution in [2.45, 2.75) is 77.1 Å². The lowest BCUT2D eigenvalue weighted by Gasteiger charge is -2.32. The Balaban J connectivity index is 2.23. The third-order valence-corrected chi connectivity index (χ3v) is 4.38. The first kappa shape index (κ1) is 17.9. The minimum atomic E-state index is -0.142. The second-order valence-corrected chi connectivity index (χ2v) is 6.89. The molecule has 1 fully saturated rings. The third kappa shape index (κ3) is 5.68. The number of aliphatic hydroxyl groups excluding tert-OH is 1. The van der Waals surface area contributed by atoms with Crippen molar-refractivity contribution < 1.29 is 9.84 Å². The zero-order valence-electron chi connectivity index (χ0n) is 14.0. The van der Waals surface area contributed by atoms with E-state index in [9.17, 15) is 5.11 Å². The van der Waals surface area contributed by atoms with Gasteiger partial charge in [-0.2, -0.15) is 0 Å². The largest absolute Gasteiger partial charge is 0.394 e. The molecule has 0 aliphatic carbocycles. The van der Waals surface area contributed by atoms with Crippen LogP contribution in [0.2, 0.25) is 0 Å². The Morgan fingerprint density at radius 2 is 2.10 bits per heavy atom. The molecule has 0 spiro atoms. The number of nitrogens with zero attached hydrogens (tertiary/aromatic N) is 1. The Kier molecular flexibility index (Phi) is 7.45. The molecule has 1 heterocycles. The molecular formula is C16H34N2O2. The van der Waals surface area contributed by atoms with Gasteiger partial charge in [0.1, 0.15) is 0 Å². The first-order valence-electron chi connectivity index (χ1n) is 8.08. The Morgan fingerprint density at radius 3 is 2.60 bits per heavy atom. The van der Waals surface area contributed by atoms with Gasteiger partial charge >= 0.3 is 0 Å². The molecule has 1 aliphatic rings. The molecule has 1 saturated heterocycles. The number of unbranched alkanes of at least 4 members (excludes halogenated alkanes) is 1. The molecule has 3 atom stereocenters. The molecule has 0 aromatic carbocycles. The van der Waals surface area contributed by atoms with Gasteiger partial charge in [0.15, 0.2) is 0 Å². The SMILES string of the molecule is CC(C)NC(C)(CO)CCCCN(C)C1CCOC1C. The average molecular weight is 286 g/mol. The van der Waals surface area contributed by atoms with Gasteiger partial charge in [-0.15, -0.1) is 0 Å². The van der Waals surface area contributed by atoms with Crippen molar-refractivity contribution in [3.63, 3.8) is 0 Å². The highest BCUT2D eigenvalue weighted by Gasteiger charge is 2.28. The highest BCUT2D eigenvalue weighted by atomic mass is 16.5. The van der Waals surface area contributed by atoms with E-state index < -0.39 is 0 Å². The van der Waals surface area contributed by atoms with E-state index in [1.807, 2.05) is 0 Å². The molecule has 120 valence electrons. The lowest BCUT2D eigenvalue weighted by Crippen LogP contribution is -2.49. The first-order valence-corrected chi connectivity index (χ1v) is 8.08. The fourth-order valence-corrected chi connectivity index (χ4v) is 3.24. The van der Waals surface area contributed by atoms with E-state index in [2.05, 4.69) is 45.0 Å². The van der Waals surface area contributed by atoms with Crippen LogP contribution in [0.15, 0.2) is 0 Å². The van der Waals surface area contributed by atoms with Crippen LogP contribution in [-0.2, 0) is 4.74 Å². The van der Waals surface area contributed by atoms with E-state index in [-0.39, 0.29) is 12.1 Å². The summed E-state index contributed by atoms with van der Waals surface area (Å²) >= 11 is 0. The molecular weight excluding hydrogens is 252 g/mol. The molecule has 4 heteroatoms. The summed E-state index contributed by atoms with van der Waals surface area (Å²) in [5.41, 5.74) is -0.142. The quantitative estimate of drug-likeness (QED) is 0.637. The van der Waals surface area contributed by atoms with Crippen LogP contribution in [0, 0.1) is 0 Å². The molecule has 0 saturated carbocycles. The van der Waals surface area contributed by atoms with Gasteiger partial charge in [0.05, 0.1) is 12.7 Å². The van der Waals surface area contributed by atoms with Gasteiger partial charge in [0.25, 0.3) is 0 Å². The minimum Gasteiger partial charge on any atom is -0.394 e. The molecule has 4 nitrogen and oxygen atoms in total. The molecule has 2 N–H and O–H groups in total. The van der Waals surface area contributed by atoms with Crippen LogP contribution in [-0.4, -0.2) is 60.5 Å². The summed E-state index contributed by atoms with van der Waals surface area (Å²) < 4.78 is 5.62. The monoisotopic (exact) mass is 286 g/mol. The van der Waals surface area contributed by atoms with Gasteiger partial charge in [0, 0.05) is 24.2 Å². The molecule has 0 aromatic rings. The van der Waals surface area contributed by atoms with Gasteiger partial charge in [0.2, 0.25) is 0 Å². The summed E-state index contributed by atoms with van der Waals surface area (Å²) in [5.74, 6) is 0. The summed E-state index contributed by atoms with van der Waals surface area (Å²) in [4.78, 5) is 2.43. The lowest BCUT2D eigenvalue weighted by atomic mass is 9.94. The summed E-state index contributed by atoms with van der Waals surface area (Å²) in [6.07, 6.45) is 4.86. The molecule has 0 radical (unpaired) electrons. The Morgan fingerprint density at radius 1 is 1.40 bits per heavy atom. The van der Waals surface area contributed by atoms with Crippen LogP contribution in [0.3, 0.4) is 0 Å². The summed E-state index contributed by atoms with van der Waals surface area (Å²) in [6, 6.07) is 0.985. The molecule has 20 heavy (non-hydrogen) atoms. The smallest absolute Gasteiger partial charge is 0.0702 e. The number of nitrogens with one attached hydrogen (secondary N) is 1. The van der Waals surface area contributed by atoms with Crippen molar-refractivity contribution in [3.05, 3.63) is 0 Å². The maximum Gasteiger partial charge on any atom is 0.0702 e. The maximum atomic E-state index is 9.56. The highest BCUT2D eigenvalue weighted by molar-refractivity contribution is 4.84. The van der Waals surface area contributed by atoms with Crippen LogP contribution in [0.25, 0.3) is 0 Å². The van der Waals surface area contributed by atoms with Crippen LogP contribution >= 0.6 is 0 Å². The van der Waals surface area contributed by atoms with Crippen LogP contribution in [0.5, 0.6) is 0 Å². The number of hydrogen-bond donors (Lipinski definition) is 2. The van der Waals surface area contributed by atoms with Gasteiger partial charge in [-0.1, -0.05) is 20.3 Å². The summed E-state index contributed by atoms with van der Waals surface area (Å²) in [7, 11) is 2.20. The number of ether oxygens (including phenoxy) is 1. The first-order chi connectivity index (χ1) is 9.38. The fraction of sp³-hybridized carbons (Fsp3) is 1.00. The van der Waals surface area contributed by atoms with Gasteiger partial charge in [-0.05, 0) is 46.7 Å². The van der Waals surface area contributed by atoms with E-state index in [4.69, 9.17) is 4.74 Å². The minimum absolute atomic E-state index is 0.142. The third-order valence-electron chi connectivity index (χ3n) is 4.38. The standard InChI is InChI=1S/C16H34N2O2/c1-13(2)17-16(4,12-19)9-6-7-10-18(5)15-8-11-20-14(15)3/h13-15,17,19H,6-12H2,1-5H3. The summed E-state index contributed by atoms with van der Waals surface area (Å²) in [5, 5.41) is 13.0. The summed E-state index contributed by atoms with van der Waals surface area (Å²) in [6.45, 7) is 10.8. The zero-order chi connectivity index (χ0) is 15.2. The second-order valence-electron chi connectivity index (χ2n) is 6.89. The average Bonchev–Trinajstić information content (AvgIpc) is 2.80.